The van der Waals surface area contributed by atoms with Crippen molar-refractivity contribution in [2.24, 2.45) is 0 Å². The molecule has 0 saturated carbocycles. The molecule has 2 fully saturated rings. The number of aromatic nitrogens is 3. The molecule has 0 N–H and O–H groups in total. The highest BCUT2D eigenvalue weighted by Crippen LogP contribution is 2.37. The number of pyridine rings is 1. The van der Waals surface area contributed by atoms with Crippen LogP contribution < -0.4 is 0 Å². The van der Waals surface area contributed by atoms with Gasteiger partial charge in [-0.05, 0) is 31.0 Å². The van der Waals surface area contributed by atoms with E-state index in [1.54, 1.807) is 24.7 Å². The molecule has 0 radical (unpaired) electrons. The number of nitrogens with zero attached hydrogens (tertiary/aromatic N) is 4. The van der Waals surface area contributed by atoms with E-state index in [1.807, 2.05) is 23.1 Å². The lowest BCUT2D eigenvalue weighted by Crippen LogP contribution is -2.47. The molecule has 4 heterocycles. The average Bonchev–Trinajstić information content (AvgIpc) is 3.10. The Morgan fingerprint density at radius 3 is 2.65 bits per heavy atom. The van der Waals surface area contributed by atoms with Crippen LogP contribution in [0.2, 0.25) is 0 Å². The summed E-state index contributed by atoms with van der Waals surface area (Å²) in [4.78, 5) is 26.6. The standard InChI is InChI=1S/C19H22N4O3/c24-18(17-21-8-3-9-22-17)23-10-5-19(6-11-23)12-16(14-26-19)25-13-15-4-1-2-7-20-15/h1-4,7-9,16H,5-6,10-14H2/t16-/m1/s1. The van der Waals surface area contributed by atoms with Gasteiger partial charge in [-0.1, -0.05) is 6.07 Å². The van der Waals surface area contributed by atoms with Crippen LogP contribution in [0.3, 0.4) is 0 Å². The average molecular weight is 354 g/mol. The van der Waals surface area contributed by atoms with Gasteiger partial charge in [-0.25, -0.2) is 9.97 Å². The number of carbonyl (C=O) groups excluding carboxylic acids is 1. The van der Waals surface area contributed by atoms with Crippen molar-refractivity contribution in [3.63, 3.8) is 0 Å². The molecule has 1 atom stereocenters. The normalized spacial score (nSPS) is 21.8. The van der Waals surface area contributed by atoms with E-state index in [0.29, 0.717) is 26.3 Å². The maximum Gasteiger partial charge on any atom is 0.291 e. The van der Waals surface area contributed by atoms with Crippen LogP contribution in [0.1, 0.15) is 35.6 Å². The van der Waals surface area contributed by atoms with Crippen LogP contribution in [0, 0.1) is 0 Å². The number of hydrogen-bond donors (Lipinski definition) is 0. The van der Waals surface area contributed by atoms with Gasteiger partial charge in [0, 0.05) is 38.1 Å². The minimum absolute atomic E-state index is 0.0803. The molecule has 1 amide bonds. The summed E-state index contributed by atoms with van der Waals surface area (Å²) in [6, 6.07) is 7.52. The maximum atomic E-state index is 12.5. The molecular weight excluding hydrogens is 332 g/mol. The highest BCUT2D eigenvalue weighted by atomic mass is 16.6. The molecule has 0 aliphatic carbocycles. The number of carbonyl (C=O) groups is 1. The minimum atomic E-state index is -0.177. The van der Waals surface area contributed by atoms with E-state index in [4.69, 9.17) is 9.47 Å². The Morgan fingerprint density at radius 1 is 1.15 bits per heavy atom. The van der Waals surface area contributed by atoms with E-state index in [0.717, 1.165) is 25.0 Å². The first-order chi connectivity index (χ1) is 12.7. The molecular formula is C19H22N4O3. The number of ether oxygens (including phenoxy) is 2. The predicted molar refractivity (Wildman–Crippen MR) is 93.3 cm³/mol. The van der Waals surface area contributed by atoms with E-state index < -0.39 is 0 Å². The number of rotatable bonds is 4. The molecule has 26 heavy (non-hydrogen) atoms. The van der Waals surface area contributed by atoms with Crippen molar-refractivity contribution >= 4 is 5.91 Å². The smallest absolute Gasteiger partial charge is 0.291 e. The molecule has 2 aromatic rings. The van der Waals surface area contributed by atoms with Gasteiger partial charge < -0.3 is 14.4 Å². The first-order valence-electron chi connectivity index (χ1n) is 8.96. The monoisotopic (exact) mass is 354 g/mol. The summed E-state index contributed by atoms with van der Waals surface area (Å²) in [5.41, 5.74) is 0.750. The summed E-state index contributed by atoms with van der Waals surface area (Å²) < 4.78 is 12.1. The van der Waals surface area contributed by atoms with Crippen LogP contribution in [-0.2, 0) is 16.1 Å². The molecule has 2 aliphatic heterocycles. The Hall–Kier alpha value is -2.38. The van der Waals surface area contributed by atoms with Gasteiger partial charge >= 0.3 is 0 Å². The SMILES string of the molecule is O=C(c1ncccn1)N1CCC2(CC1)C[C@@H](OCc1ccccn1)CO2. The lowest BCUT2D eigenvalue weighted by atomic mass is 9.88. The summed E-state index contributed by atoms with van der Waals surface area (Å²) in [6.07, 6.45) is 7.53. The first kappa shape index (κ1) is 17.1. The van der Waals surface area contributed by atoms with Crippen molar-refractivity contribution in [2.75, 3.05) is 19.7 Å². The fourth-order valence-electron chi connectivity index (χ4n) is 3.61. The van der Waals surface area contributed by atoms with Gasteiger partial charge in [-0.15, -0.1) is 0 Å². The molecule has 2 aliphatic rings. The molecule has 0 aromatic carbocycles. The van der Waals surface area contributed by atoms with Gasteiger partial charge in [0.25, 0.3) is 5.91 Å². The van der Waals surface area contributed by atoms with Crippen LogP contribution in [0.5, 0.6) is 0 Å². The summed E-state index contributed by atoms with van der Waals surface area (Å²) in [6.45, 7) is 2.41. The Bertz CT molecular complexity index is 733. The zero-order valence-electron chi connectivity index (χ0n) is 14.6. The Balaban J connectivity index is 1.28. The zero-order chi connectivity index (χ0) is 17.8. The third-order valence-electron chi connectivity index (χ3n) is 5.09. The summed E-state index contributed by atoms with van der Waals surface area (Å²) in [7, 11) is 0. The number of amides is 1. The molecule has 4 rings (SSSR count). The molecule has 7 heteroatoms. The highest BCUT2D eigenvalue weighted by molar-refractivity contribution is 5.90. The second kappa shape index (κ2) is 7.47. The van der Waals surface area contributed by atoms with Crippen molar-refractivity contribution in [2.45, 2.75) is 37.6 Å². The Morgan fingerprint density at radius 2 is 1.92 bits per heavy atom. The van der Waals surface area contributed by atoms with Crippen LogP contribution in [0.15, 0.2) is 42.9 Å². The number of hydrogen-bond acceptors (Lipinski definition) is 6. The van der Waals surface area contributed by atoms with Gasteiger partial charge in [-0.3, -0.25) is 9.78 Å². The fraction of sp³-hybridized carbons (Fsp3) is 0.474. The van der Waals surface area contributed by atoms with Gasteiger partial charge in [-0.2, -0.15) is 0 Å². The van der Waals surface area contributed by atoms with Crippen molar-refractivity contribution in [1.82, 2.24) is 19.9 Å². The van der Waals surface area contributed by atoms with E-state index in [1.165, 1.54) is 0 Å². The van der Waals surface area contributed by atoms with Crippen LogP contribution in [0.25, 0.3) is 0 Å². The predicted octanol–water partition coefficient (Wildman–Crippen LogP) is 1.85. The van der Waals surface area contributed by atoms with Gasteiger partial charge in [0.1, 0.15) is 0 Å². The van der Waals surface area contributed by atoms with Gasteiger partial charge in [0.15, 0.2) is 0 Å². The van der Waals surface area contributed by atoms with Gasteiger partial charge in [0.2, 0.25) is 5.82 Å². The Kier molecular flexibility index (Phi) is 4.90. The van der Waals surface area contributed by atoms with Crippen LogP contribution >= 0.6 is 0 Å². The lowest BCUT2D eigenvalue weighted by molar-refractivity contribution is -0.0414. The topological polar surface area (TPSA) is 77.4 Å². The highest BCUT2D eigenvalue weighted by Gasteiger charge is 2.44. The largest absolute Gasteiger partial charge is 0.372 e. The molecule has 0 bridgehead atoms. The van der Waals surface area contributed by atoms with Crippen molar-refractivity contribution < 1.29 is 14.3 Å². The van der Waals surface area contributed by atoms with Crippen molar-refractivity contribution in [3.8, 4) is 0 Å². The zero-order valence-corrected chi connectivity index (χ0v) is 14.6. The first-order valence-corrected chi connectivity index (χ1v) is 8.96. The molecule has 2 saturated heterocycles. The van der Waals surface area contributed by atoms with Crippen molar-refractivity contribution in [3.05, 3.63) is 54.4 Å². The second-order valence-corrected chi connectivity index (χ2v) is 6.82. The van der Waals surface area contributed by atoms with Crippen LogP contribution in [-0.4, -0.2) is 57.2 Å². The lowest BCUT2D eigenvalue weighted by Gasteiger charge is -2.38. The molecule has 7 nitrogen and oxygen atoms in total. The molecule has 1 spiro atoms. The summed E-state index contributed by atoms with van der Waals surface area (Å²) in [5, 5.41) is 0. The van der Waals surface area contributed by atoms with Crippen LogP contribution in [0.4, 0.5) is 0 Å². The van der Waals surface area contributed by atoms with E-state index in [9.17, 15) is 4.79 Å². The molecule has 2 aromatic heterocycles. The molecule has 136 valence electrons. The van der Waals surface area contributed by atoms with E-state index in [2.05, 4.69) is 15.0 Å². The maximum absolute atomic E-state index is 12.5. The van der Waals surface area contributed by atoms with E-state index in [-0.39, 0.29) is 23.4 Å². The van der Waals surface area contributed by atoms with E-state index >= 15 is 0 Å². The number of piperidine rings is 1. The second-order valence-electron chi connectivity index (χ2n) is 6.82. The number of likely N-dealkylation sites (tertiary alicyclic amines) is 1. The van der Waals surface area contributed by atoms with Crippen molar-refractivity contribution in [1.29, 1.82) is 0 Å². The minimum Gasteiger partial charge on any atom is -0.372 e. The Labute approximate surface area is 152 Å². The molecule has 0 unspecified atom stereocenters. The summed E-state index contributed by atoms with van der Waals surface area (Å²) >= 11 is 0. The third kappa shape index (κ3) is 3.73. The fourth-order valence-corrected chi connectivity index (χ4v) is 3.61. The summed E-state index contributed by atoms with van der Waals surface area (Å²) in [5.74, 6) is 0.147. The van der Waals surface area contributed by atoms with Gasteiger partial charge in [0.05, 0.1) is 30.6 Å². The third-order valence-corrected chi connectivity index (χ3v) is 5.09. The quantitative estimate of drug-likeness (QED) is 0.834.